The van der Waals surface area contributed by atoms with Gasteiger partial charge >= 0.3 is 0 Å². The predicted molar refractivity (Wildman–Crippen MR) is 104 cm³/mol. The van der Waals surface area contributed by atoms with Crippen LogP contribution in [0.5, 0.6) is 11.5 Å². The second-order valence-electron chi connectivity index (χ2n) is 7.20. The smallest absolute Gasteiger partial charge is 0.223 e. The van der Waals surface area contributed by atoms with Crippen molar-refractivity contribution < 1.29 is 27.2 Å². The molecule has 1 N–H and O–H groups in total. The van der Waals surface area contributed by atoms with Crippen molar-refractivity contribution in [3.8, 4) is 22.8 Å². The molecule has 1 amide bonds. The Bertz CT molecular complexity index is 995. The Hall–Kier alpha value is -2.59. The predicted octanol–water partition coefficient (Wildman–Crippen LogP) is 1.40. The third-order valence-electron chi connectivity index (χ3n) is 5.12. The van der Waals surface area contributed by atoms with E-state index in [2.05, 4.69) is 10.5 Å². The van der Waals surface area contributed by atoms with E-state index in [9.17, 15) is 13.2 Å². The summed E-state index contributed by atoms with van der Waals surface area (Å²) in [6.07, 6.45) is 2.22. The van der Waals surface area contributed by atoms with Crippen molar-refractivity contribution in [1.82, 2.24) is 14.8 Å². The Balaban J connectivity index is 1.32. The summed E-state index contributed by atoms with van der Waals surface area (Å²) < 4.78 is 41.0. The summed E-state index contributed by atoms with van der Waals surface area (Å²) in [6.45, 7) is 2.03. The van der Waals surface area contributed by atoms with E-state index in [1.54, 1.807) is 6.07 Å². The van der Waals surface area contributed by atoms with Gasteiger partial charge in [0.1, 0.15) is 18.9 Å². The molecule has 2 aromatic rings. The van der Waals surface area contributed by atoms with E-state index in [0.717, 1.165) is 5.56 Å². The Morgan fingerprint density at radius 2 is 1.90 bits per heavy atom. The number of piperidine rings is 1. The first-order valence-corrected chi connectivity index (χ1v) is 11.3. The highest BCUT2D eigenvalue weighted by atomic mass is 32.2. The van der Waals surface area contributed by atoms with E-state index in [-0.39, 0.29) is 18.4 Å². The van der Waals surface area contributed by atoms with Gasteiger partial charge in [-0.1, -0.05) is 5.16 Å². The van der Waals surface area contributed by atoms with Crippen molar-refractivity contribution in [2.75, 3.05) is 32.6 Å². The molecule has 9 nitrogen and oxygen atoms in total. The third-order valence-corrected chi connectivity index (χ3v) is 6.43. The van der Waals surface area contributed by atoms with Crippen molar-refractivity contribution in [1.29, 1.82) is 0 Å². The normalized spacial score (nSPS) is 17.8. The highest BCUT2D eigenvalue weighted by Gasteiger charge is 2.28. The first-order chi connectivity index (χ1) is 13.9. The van der Waals surface area contributed by atoms with Crippen LogP contribution >= 0.6 is 0 Å². The second-order valence-corrected chi connectivity index (χ2v) is 9.18. The average Bonchev–Trinajstić information content (AvgIpc) is 3.20. The highest BCUT2D eigenvalue weighted by Crippen LogP contribution is 2.34. The number of nitrogens with zero attached hydrogens (tertiary/aromatic N) is 2. The molecular formula is C19H23N3O6S. The van der Waals surface area contributed by atoms with E-state index in [4.69, 9.17) is 14.0 Å². The number of benzene rings is 1. The molecule has 4 rings (SSSR count). The van der Waals surface area contributed by atoms with Crippen LogP contribution in [0.1, 0.15) is 18.5 Å². The van der Waals surface area contributed by atoms with Gasteiger partial charge in [0, 0.05) is 30.6 Å². The lowest BCUT2D eigenvalue weighted by molar-refractivity contribution is -0.126. The largest absolute Gasteiger partial charge is 0.486 e. The second kappa shape index (κ2) is 8.03. The van der Waals surface area contributed by atoms with Crippen LogP contribution in [0.4, 0.5) is 0 Å². The molecule has 0 bridgehead atoms. The molecule has 1 aromatic carbocycles. The molecule has 10 heteroatoms. The number of sulfonamides is 1. The molecule has 29 heavy (non-hydrogen) atoms. The number of hydrogen-bond donors (Lipinski definition) is 1. The molecule has 0 aliphatic carbocycles. The fourth-order valence-corrected chi connectivity index (χ4v) is 4.37. The Morgan fingerprint density at radius 1 is 1.17 bits per heavy atom. The van der Waals surface area contributed by atoms with E-state index in [0.29, 0.717) is 62.1 Å². The van der Waals surface area contributed by atoms with Crippen molar-refractivity contribution in [2.24, 2.45) is 5.92 Å². The molecule has 156 valence electrons. The van der Waals surface area contributed by atoms with Gasteiger partial charge in [-0.2, -0.15) is 0 Å². The van der Waals surface area contributed by atoms with Gasteiger partial charge in [-0.3, -0.25) is 4.79 Å². The molecule has 2 aliphatic rings. The minimum atomic E-state index is -3.20. The maximum Gasteiger partial charge on any atom is 0.223 e. The summed E-state index contributed by atoms with van der Waals surface area (Å²) in [4.78, 5) is 12.4. The number of carbonyl (C=O) groups is 1. The standard InChI is InChI=1S/C19H23N3O6S/c1-29(24,25)22-6-4-13(5-7-22)19(23)20-12-15-11-17(28-21-15)14-2-3-16-18(10-14)27-9-8-26-16/h2-3,10-11,13H,4-9,12H2,1H3,(H,20,23). The molecule has 0 unspecified atom stereocenters. The zero-order chi connectivity index (χ0) is 20.4. The molecule has 1 aromatic heterocycles. The molecule has 1 fully saturated rings. The fourth-order valence-electron chi connectivity index (χ4n) is 3.50. The topological polar surface area (TPSA) is 111 Å². The average molecular weight is 421 g/mol. The maximum absolute atomic E-state index is 12.4. The molecule has 0 radical (unpaired) electrons. The summed E-state index contributed by atoms with van der Waals surface area (Å²) in [5.74, 6) is 1.65. The molecule has 3 heterocycles. The van der Waals surface area contributed by atoms with Crippen LogP contribution in [0.15, 0.2) is 28.8 Å². The van der Waals surface area contributed by atoms with Crippen molar-refractivity contribution in [3.05, 3.63) is 30.0 Å². The van der Waals surface area contributed by atoms with Gasteiger partial charge in [-0.05, 0) is 31.0 Å². The number of carbonyl (C=O) groups excluding carboxylic acids is 1. The summed E-state index contributed by atoms with van der Waals surface area (Å²) in [5, 5.41) is 6.88. The van der Waals surface area contributed by atoms with Gasteiger partial charge in [-0.15, -0.1) is 0 Å². The van der Waals surface area contributed by atoms with E-state index in [1.807, 2.05) is 18.2 Å². The number of nitrogens with one attached hydrogen (secondary N) is 1. The number of ether oxygens (including phenoxy) is 2. The van der Waals surface area contributed by atoms with Gasteiger partial charge in [0.15, 0.2) is 17.3 Å². The molecule has 0 spiro atoms. The maximum atomic E-state index is 12.4. The van der Waals surface area contributed by atoms with Crippen LogP contribution in [0.25, 0.3) is 11.3 Å². The summed E-state index contributed by atoms with van der Waals surface area (Å²) in [6, 6.07) is 7.31. The first-order valence-electron chi connectivity index (χ1n) is 9.48. The lowest BCUT2D eigenvalue weighted by atomic mass is 9.97. The minimum Gasteiger partial charge on any atom is -0.486 e. The van der Waals surface area contributed by atoms with Crippen LogP contribution in [-0.4, -0.2) is 56.3 Å². The summed E-state index contributed by atoms with van der Waals surface area (Å²) in [7, 11) is -3.20. The Kier molecular flexibility index (Phi) is 5.46. The quantitative estimate of drug-likeness (QED) is 0.777. The van der Waals surface area contributed by atoms with Gasteiger partial charge in [0.05, 0.1) is 12.8 Å². The van der Waals surface area contributed by atoms with E-state index < -0.39 is 10.0 Å². The molecular weight excluding hydrogens is 398 g/mol. The zero-order valence-electron chi connectivity index (χ0n) is 16.1. The first kappa shape index (κ1) is 19.7. The minimum absolute atomic E-state index is 0.0953. The summed E-state index contributed by atoms with van der Waals surface area (Å²) >= 11 is 0. The number of fused-ring (bicyclic) bond motifs is 1. The fraction of sp³-hybridized carbons (Fsp3) is 0.474. The van der Waals surface area contributed by atoms with Gasteiger partial charge in [-0.25, -0.2) is 12.7 Å². The van der Waals surface area contributed by atoms with Gasteiger partial charge in [0.25, 0.3) is 0 Å². The van der Waals surface area contributed by atoms with Crippen LogP contribution in [0.2, 0.25) is 0 Å². The summed E-state index contributed by atoms with van der Waals surface area (Å²) in [5.41, 5.74) is 1.42. The molecule has 1 saturated heterocycles. The lowest BCUT2D eigenvalue weighted by Crippen LogP contribution is -2.42. The van der Waals surface area contributed by atoms with Crippen molar-refractivity contribution in [2.45, 2.75) is 19.4 Å². The van der Waals surface area contributed by atoms with Crippen LogP contribution < -0.4 is 14.8 Å². The molecule has 0 saturated carbocycles. The monoisotopic (exact) mass is 421 g/mol. The lowest BCUT2D eigenvalue weighted by Gasteiger charge is -2.29. The zero-order valence-corrected chi connectivity index (χ0v) is 16.9. The van der Waals surface area contributed by atoms with Crippen molar-refractivity contribution in [3.63, 3.8) is 0 Å². The third kappa shape index (κ3) is 4.54. The van der Waals surface area contributed by atoms with Crippen molar-refractivity contribution >= 4 is 15.9 Å². The SMILES string of the molecule is CS(=O)(=O)N1CCC(C(=O)NCc2cc(-c3ccc4c(c3)OCCO4)on2)CC1. The Morgan fingerprint density at radius 3 is 2.62 bits per heavy atom. The number of hydrogen-bond acceptors (Lipinski definition) is 7. The van der Waals surface area contributed by atoms with E-state index in [1.165, 1.54) is 10.6 Å². The number of aromatic nitrogens is 1. The number of amides is 1. The highest BCUT2D eigenvalue weighted by molar-refractivity contribution is 7.88. The Labute approximate surface area is 169 Å². The van der Waals surface area contributed by atoms with Crippen LogP contribution in [0, 0.1) is 5.92 Å². The van der Waals surface area contributed by atoms with Crippen LogP contribution in [0.3, 0.4) is 0 Å². The van der Waals surface area contributed by atoms with Crippen LogP contribution in [-0.2, 0) is 21.4 Å². The molecule has 2 aliphatic heterocycles. The molecule has 0 atom stereocenters. The van der Waals surface area contributed by atoms with Gasteiger partial charge < -0.3 is 19.3 Å². The van der Waals surface area contributed by atoms with Gasteiger partial charge in [0.2, 0.25) is 15.9 Å². The van der Waals surface area contributed by atoms with E-state index >= 15 is 0 Å². The number of rotatable bonds is 5.